The molecular weight excluding hydrogens is 364 g/mol. The Hall–Kier alpha value is -4.00. The number of H-pyrrole nitrogens is 1. The predicted molar refractivity (Wildman–Crippen MR) is 113 cm³/mol. The van der Waals surface area contributed by atoms with Gasteiger partial charge >= 0.3 is 0 Å². The van der Waals surface area contributed by atoms with Gasteiger partial charge in [-0.25, -0.2) is 4.98 Å². The zero-order chi connectivity index (χ0) is 19.6. The minimum Gasteiger partial charge on any atom is -0.354 e. The minimum atomic E-state index is -0.165. The van der Waals surface area contributed by atoms with Gasteiger partial charge in [0.05, 0.1) is 28.2 Å². The van der Waals surface area contributed by atoms with Gasteiger partial charge in [0, 0.05) is 12.7 Å². The Morgan fingerprint density at radius 3 is 2.48 bits per heavy atom. The molecule has 3 heterocycles. The molecule has 0 aliphatic heterocycles. The molecule has 5 rings (SSSR count). The van der Waals surface area contributed by atoms with E-state index in [1.165, 1.54) is 5.56 Å². The standard InChI is InChI=1S/C22H18N6O/c29-21-18-14-25-27-19(18)17-13-24-22(23-12-11-15-7-3-1-4-8-15)26-20(17)28(21)16-9-5-2-6-10-16/h1-10,13-14H,11-12H2,(H,25,27)(H,23,24,26). The molecule has 0 atom stereocenters. The summed E-state index contributed by atoms with van der Waals surface area (Å²) >= 11 is 0. The summed E-state index contributed by atoms with van der Waals surface area (Å²) in [5.41, 5.74) is 3.00. The Morgan fingerprint density at radius 1 is 0.931 bits per heavy atom. The summed E-state index contributed by atoms with van der Waals surface area (Å²) in [6.07, 6.45) is 4.13. The molecule has 0 radical (unpaired) electrons. The summed E-state index contributed by atoms with van der Waals surface area (Å²) in [6.45, 7) is 0.692. The van der Waals surface area contributed by atoms with Crippen molar-refractivity contribution >= 4 is 27.9 Å². The van der Waals surface area contributed by atoms with E-state index in [2.05, 4.69) is 37.6 Å². The molecule has 7 heteroatoms. The first-order valence-corrected chi connectivity index (χ1v) is 9.39. The zero-order valence-corrected chi connectivity index (χ0v) is 15.5. The molecule has 0 bridgehead atoms. The second-order valence-corrected chi connectivity index (χ2v) is 6.73. The number of pyridine rings is 1. The highest BCUT2D eigenvalue weighted by atomic mass is 16.1. The van der Waals surface area contributed by atoms with Gasteiger partial charge < -0.3 is 5.32 Å². The van der Waals surface area contributed by atoms with Gasteiger partial charge in [0.2, 0.25) is 5.95 Å². The molecule has 0 aliphatic rings. The van der Waals surface area contributed by atoms with E-state index in [1.54, 1.807) is 17.0 Å². The molecule has 0 saturated carbocycles. The van der Waals surface area contributed by atoms with Gasteiger partial charge in [-0.1, -0.05) is 48.5 Å². The Balaban J connectivity index is 1.59. The lowest BCUT2D eigenvalue weighted by atomic mass is 10.1. The van der Waals surface area contributed by atoms with Crippen LogP contribution in [0.1, 0.15) is 5.56 Å². The second kappa shape index (κ2) is 7.20. The number of aromatic nitrogens is 5. The quantitative estimate of drug-likeness (QED) is 0.487. The topological polar surface area (TPSA) is 88.5 Å². The minimum absolute atomic E-state index is 0.165. The lowest BCUT2D eigenvalue weighted by molar-refractivity contribution is 0.973. The largest absolute Gasteiger partial charge is 0.354 e. The van der Waals surface area contributed by atoms with Gasteiger partial charge in [-0.05, 0) is 24.1 Å². The smallest absolute Gasteiger partial charge is 0.267 e. The third kappa shape index (κ3) is 3.12. The molecule has 2 aromatic carbocycles. The third-order valence-electron chi connectivity index (χ3n) is 4.88. The van der Waals surface area contributed by atoms with E-state index < -0.39 is 0 Å². The lowest BCUT2D eigenvalue weighted by Gasteiger charge is -2.12. The third-order valence-corrected chi connectivity index (χ3v) is 4.88. The predicted octanol–water partition coefficient (Wildman–Crippen LogP) is 3.31. The maximum atomic E-state index is 13.1. The summed E-state index contributed by atoms with van der Waals surface area (Å²) < 4.78 is 1.61. The van der Waals surface area contributed by atoms with Crippen molar-refractivity contribution in [3.8, 4) is 5.69 Å². The lowest BCUT2D eigenvalue weighted by Crippen LogP contribution is -2.20. The van der Waals surface area contributed by atoms with Gasteiger partial charge in [-0.3, -0.25) is 14.5 Å². The van der Waals surface area contributed by atoms with E-state index in [0.717, 1.165) is 17.5 Å². The first kappa shape index (κ1) is 17.1. The average Bonchev–Trinajstić information content (AvgIpc) is 3.26. The van der Waals surface area contributed by atoms with Gasteiger partial charge in [-0.2, -0.15) is 10.1 Å². The van der Waals surface area contributed by atoms with Crippen LogP contribution in [-0.2, 0) is 6.42 Å². The van der Waals surface area contributed by atoms with Gasteiger partial charge in [0.1, 0.15) is 0 Å². The molecule has 0 saturated heterocycles. The Bertz CT molecular complexity index is 1340. The van der Waals surface area contributed by atoms with Crippen molar-refractivity contribution in [3.05, 3.63) is 89.0 Å². The highest BCUT2D eigenvalue weighted by molar-refractivity contribution is 6.02. The van der Waals surface area contributed by atoms with Crippen LogP contribution in [0.5, 0.6) is 0 Å². The molecule has 29 heavy (non-hydrogen) atoms. The Labute approximate surface area is 166 Å². The number of nitrogens with zero attached hydrogens (tertiary/aromatic N) is 4. The maximum absolute atomic E-state index is 13.1. The highest BCUT2D eigenvalue weighted by Crippen LogP contribution is 2.22. The van der Waals surface area contributed by atoms with E-state index >= 15 is 0 Å². The number of benzene rings is 2. The fourth-order valence-corrected chi connectivity index (χ4v) is 3.45. The van der Waals surface area contributed by atoms with Crippen LogP contribution in [0.2, 0.25) is 0 Å². The number of hydrogen-bond donors (Lipinski definition) is 2. The van der Waals surface area contributed by atoms with E-state index in [4.69, 9.17) is 0 Å². The second-order valence-electron chi connectivity index (χ2n) is 6.73. The highest BCUT2D eigenvalue weighted by Gasteiger charge is 2.16. The van der Waals surface area contributed by atoms with Gasteiger partial charge in [0.15, 0.2) is 5.65 Å². The van der Waals surface area contributed by atoms with Crippen molar-refractivity contribution in [3.63, 3.8) is 0 Å². The van der Waals surface area contributed by atoms with Crippen LogP contribution in [0, 0.1) is 0 Å². The number of rotatable bonds is 5. The average molecular weight is 382 g/mol. The van der Waals surface area contributed by atoms with Crippen molar-refractivity contribution < 1.29 is 0 Å². The van der Waals surface area contributed by atoms with Crippen LogP contribution in [0.25, 0.3) is 27.6 Å². The summed E-state index contributed by atoms with van der Waals surface area (Å²) in [5.74, 6) is 0.483. The summed E-state index contributed by atoms with van der Waals surface area (Å²) in [4.78, 5) is 22.2. The van der Waals surface area contributed by atoms with E-state index in [1.807, 2.05) is 48.5 Å². The Morgan fingerprint density at radius 2 is 1.69 bits per heavy atom. The molecule has 3 aromatic heterocycles. The fourth-order valence-electron chi connectivity index (χ4n) is 3.45. The van der Waals surface area contributed by atoms with Crippen LogP contribution in [-0.4, -0.2) is 31.3 Å². The van der Waals surface area contributed by atoms with E-state index in [9.17, 15) is 4.79 Å². The summed E-state index contributed by atoms with van der Waals surface area (Å²) in [5, 5.41) is 11.5. The summed E-state index contributed by atoms with van der Waals surface area (Å²) in [7, 11) is 0. The molecule has 5 aromatic rings. The molecule has 0 spiro atoms. The van der Waals surface area contributed by atoms with E-state index in [0.29, 0.717) is 29.0 Å². The van der Waals surface area contributed by atoms with Crippen LogP contribution >= 0.6 is 0 Å². The molecule has 142 valence electrons. The van der Waals surface area contributed by atoms with Gasteiger partial charge in [-0.15, -0.1) is 0 Å². The number of hydrogen-bond acceptors (Lipinski definition) is 5. The maximum Gasteiger partial charge on any atom is 0.267 e. The number of anilines is 1. The summed E-state index contributed by atoms with van der Waals surface area (Å²) in [6, 6.07) is 19.7. The van der Waals surface area contributed by atoms with E-state index in [-0.39, 0.29) is 5.56 Å². The number of fused-ring (bicyclic) bond motifs is 3. The molecule has 2 N–H and O–H groups in total. The number of para-hydroxylation sites is 1. The van der Waals surface area contributed by atoms with Crippen LogP contribution in [0.3, 0.4) is 0 Å². The first-order valence-electron chi connectivity index (χ1n) is 9.39. The number of nitrogens with one attached hydrogen (secondary N) is 2. The van der Waals surface area contributed by atoms with Crippen molar-refractivity contribution in [1.82, 2.24) is 24.7 Å². The molecule has 0 aliphatic carbocycles. The van der Waals surface area contributed by atoms with Gasteiger partial charge in [0.25, 0.3) is 5.56 Å². The first-order chi connectivity index (χ1) is 14.3. The van der Waals surface area contributed by atoms with Crippen molar-refractivity contribution in [1.29, 1.82) is 0 Å². The SMILES string of the molecule is O=c1c2cn[nH]c2c2cnc(NCCc3ccccc3)nc2n1-c1ccccc1. The van der Waals surface area contributed by atoms with Crippen LogP contribution in [0.4, 0.5) is 5.95 Å². The molecule has 0 fully saturated rings. The number of aromatic amines is 1. The van der Waals surface area contributed by atoms with Crippen molar-refractivity contribution in [2.24, 2.45) is 0 Å². The molecule has 7 nitrogen and oxygen atoms in total. The zero-order valence-electron chi connectivity index (χ0n) is 15.5. The van der Waals surface area contributed by atoms with Crippen LogP contribution in [0.15, 0.2) is 77.9 Å². The molecule has 0 unspecified atom stereocenters. The van der Waals surface area contributed by atoms with Crippen LogP contribution < -0.4 is 10.9 Å². The monoisotopic (exact) mass is 382 g/mol. The van der Waals surface area contributed by atoms with Crippen molar-refractivity contribution in [2.45, 2.75) is 6.42 Å². The van der Waals surface area contributed by atoms with Crippen molar-refractivity contribution in [2.75, 3.05) is 11.9 Å². The molecule has 0 amide bonds. The molecular formula is C22H18N6O. The fraction of sp³-hybridized carbons (Fsp3) is 0.0909. The Kier molecular flexibility index (Phi) is 4.25. The normalized spacial score (nSPS) is 11.2.